The molecule has 0 radical (unpaired) electrons. The van der Waals surface area contributed by atoms with Crippen LogP contribution in [0.2, 0.25) is 0 Å². The molecule has 1 aromatic rings. The monoisotopic (exact) mass is 233 g/mol. The van der Waals surface area contributed by atoms with E-state index >= 15 is 0 Å². The number of pyridine rings is 1. The summed E-state index contributed by atoms with van der Waals surface area (Å²) in [5, 5.41) is 10.6. The molecule has 0 aliphatic heterocycles. The van der Waals surface area contributed by atoms with E-state index in [1.165, 1.54) is 7.11 Å². The summed E-state index contributed by atoms with van der Waals surface area (Å²) in [6.07, 6.45) is -2.98. The first-order valence-electron chi connectivity index (χ1n) is 4.21. The second-order valence-electron chi connectivity index (χ2n) is 2.81. The number of nitrogens with two attached hydrogens (primary N) is 1. The first-order valence-corrected chi connectivity index (χ1v) is 4.21. The average Bonchev–Trinajstić information content (AvgIpc) is 2.26. The lowest BCUT2D eigenvalue weighted by Crippen LogP contribution is -2.09. The quantitative estimate of drug-likeness (QED) is 0.626. The SMILES string of the molecule is COc1cc(C(F)F)c([N+](=O)[O-])c(CN)n1. The number of ether oxygens (including phenoxy) is 1. The van der Waals surface area contributed by atoms with Gasteiger partial charge in [-0.3, -0.25) is 10.1 Å². The number of nitro groups is 1. The molecule has 88 valence electrons. The van der Waals surface area contributed by atoms with Gasteiger partial charge in [0.15, 0.2) is 0 Å². The minimum Gasteiger partial charge on any atom is -0.481 e. The Hall–Kier alpha value is -1.83. The van der Waals surface area contributed by atoms with Crippen molar-refractivity contribution in [2.75, 3.05) is 7.11 Å². The maximum absolute atomic E-state index is 12.6. The first kappa shape index (κ1) is 12.2. The fraction of sp³-hybridized carbons (Fsp3) is 0.375. The van der Waals surface area contributed by atoms with Gasteiger partial charge in [0.2, 0.25) is 5.88 Å². The molecule has 1 heterocycles. The van der Waals surface area contributed by atoms with Crippen molar-refractivity contribution in [3.05, 3.63) is 27.4 Å². The Morgan fingerprint density at radius 3 is 2.69 bits per heavy atom. The molecule has 16 heavy (non-hydrogen) atoms. The molecule has 0 spiro atoms. The number of methoxy groups -OCH3 is 1. The summed E-state index contributed by atoms with van der Waals surface area (Å²) >= 11 is 0. The molecule has 0 atom stereocenters. The van der Waals surface area contributed by atoms with Crippen LogP contribution in [0.5, 0.6) is 5.88 Å². The van der Waals surface area contributed by atoms with Crippen LogP contribution >= 0.6 is 0 Å². The van der Waals surface area contributed by atoms with E-state index in [0.717, 1.165) is 6.07 Å². The van der Waals surface area contributed by atoms with E-state index in [0.29, 0.717) is 0 Å². The highest BCUT2D eigenvalue weighted by Gasteiger charge is 2.27. The fourth-order valence-electron chi connectivity index (χ4n) is 1.21. The van der Waals surface area contributed by atoms with Crippen molar-refractivity contribution in [3.8, 4) is 5.88 Å². The molecule has 1 rings (SSSR count). The lowest BCUT2D eigenvalue weighted by molar-refractivity contribution is -0.387. The lowest BCUT2D eigenvalue weighted by Gasteiger charge is -2.07. The van der Waals surface area contributed by atoms with Gasteiger partial charge in [-0.25, -0.2) is 13.8 Å². The Morgan fingerprint density at radius 1 is 1.69 bits per heavy atom. The van der Waals surface area contributed by atoms with Crippen LogP contribution in [0.25, 0.3) is 0 Å². The fourth-order valence-corrected chi connectivity index (χ4v) is 1.21. The zero-order valence-corrected chi connectivity index (χ0v) is 8.31. The first-order chi connectivity index (χ1) is 7.51. The topological polar surface area (TPSA) is 91.3 Å². The third-order valence-electron chi connectivity index (χ3n) is 1.89. The number of hydrogen-bond donors (Lipinski definition) is 1. The predicted octanol–water partition coefficient (Wildman–Crippen LogP) is 1.39. The van der Waals surface area contributed by atoms with Crippen LogP contribution in [0.15, 0.2) is 6.07 Å². The van der Waals surface area contributed by atoms with E-state index < -0.39 is 22.6 Å². The zero-order chi connectivity index (χ0) is 12.3. The molecule has 1 aromatic heterocycles. The van der Waals surface area contributed by atoms with Crippen molar-refractivity contribution < 1.29 is 18.4 Å². The van der Waals surface area contributed by atoms with Gasteiger partial charge in [0, 0.05) is 12.6 Å². The Bertz CT molecular complexity index is 412. The molecule has 0 bridgehead atoms. The number of nitrogens with zero attached hydrogens (tertiary/aromatic N) is 2. The Kier molecular flexibility index (Phi) is 3.67. The number of rotatable bonds is 4. The van der Waals surface area contributed by atoms with Gasteiger partial charge < -0.3 is 10.5 Å². The molecule has 0 saturated carbocycles. The smallest absolute Gasteiger partial charge is 0.301 e. The van der Waals surface area contributed by atoms with Gasteiger partial charge in [-0.05, 0) is 0 Å². The summed E-state index contributed by atoms with van der Waals surface area (Å²) in [6.45, 7) is -0.312. The van der Waals surface area contributed by atoms with Crippen molar-refractivity contribution in [3.63, 3.8) is 0 Å². The van der Waals surface area contributed by atoms with Crippen LogP contribution in [-0.2, 0) is 6.54 Å². The van der Waals surface area contributed by atoms with E-state index in [-0.39, 0.29) is 18.1 Å². The summed E-state index contributed by atoms with van der Waals surface area (Å²) in [7, 11) is 1.23. The third-order valence-corrected chi connectivity index (χ3v) is 1.89. The minimum atomic E-state index is -2.98. The van der Waals surface area contributed by atoms with Gasteiger partial charge in [0.1, 0.15) is 11.3 Å². The summed E-state index contributed by atoms with van der Waals surface area (Å²) in [5.41, 5.74) is 3.50. The van der Waals surface area contributed by atoms with Crippen molar-refractivity contribution in [1.29, 1.82) is 0 Å². The molecule has 0 aromatic carbocycles. The molecule has 0 saturated heterocycles. The lowest BCUT2D eigenvalue weighted by atomic mass is 10.1. The van der Waals surface area contributed by atoms with Crippen LogP contribution < -0.4 is 10.5 Å². The maximum atomic E-state index is 12.6. The molecule has 0 aliphatic carbocycles. The van der Waals surface area contributed by atoms with Gasteiger partial charge in [-0.2, -0.15) is 0 Å². The van der Waals surface area contributed by atoms with E-state index in [4.69, 9.17) is 5.73 Å². The van der Waals surface area contributed by atoms with Gasteiger partial charge in [0.05, 0.1) is 12.0 Å². The molecule has 6 nitrogen and oxygen atoms in total. The molecule has 0 aliphatic rings. The standard InChI is InChI=1S/C8H9F2N3O3/c1-16-6-2-4(8(9)10)7(13(14)15)5(3-11)12-6/h2,8H,3,11H2,1H3. The highest BCUT2D eigenvalue weighted by molar-refractivity contribution is 5.47. The number of halogens is 2. The molecular weight excluding hydrogens is 224 g/mol. The number of hydrogen-bond acceptors (Lipinski definition) is 5. The van der Waals surface area contributed by atoms with Gasteiger partial charge in [-0.15, -0.1) is 0 Å². The third kappa shape index (κ3) is 2.22. The largest absolute Gasteiger partial charge is 0.481 e. The highest BCUT2D eigenvalue weighted by Crippen LogP contribution is 2.33. The number of aromatic nitrogens is 1. The molecule has 0 unspecified atom stereocenters. The van der Waals surface area contributed by atoms with Gasteiger partial charge in [0.25, 0.3) is 6.43 Å². The van der Waals surface area contributed by atoms with Crippen LogP contribution in [-0.4, -0.2) is 17.0 Å². The zero-order valence-electron chi connectivity index (χ0n) is 8.31. The Labute approximate surface area is 89.2 Å². The Balaban J connectivity index is 3.47. The van der Waals surface area contributed by atoms with Crippen LogP contribution in [0.4, 0.5) is 14.5 Å². The van der Waals surface area contributed by atoms with Crippen LogP contribution in [0.1, 0.15) is 17.7 Å². The second-order valence-corrected chi connectivity index (χ2v) is 2.81. The molecular formula is C8H9F2N3O3. The van der Waals surface area contributed by atoms with Crippen LogP contribution in [0.3, 0.4) is 0 Å². The second kappa shape index (κ2) is 4.79. The highest BCUT2D eigenvalue weighted by atomic mass is 19.3. The summed E-state index contributed by atoms with van der Waals surface area (Å²) < 4.78 is 29.8. The van der Waals surface area contributed by atoms with Crippen molar-refractivity contribution >= 4 is 5.69 Å². The summed E-state index contributed by atoms with van der Waals surface area (Å²) in [4.78, 5) is 13.4. The van der Waals surface area contributed by atoms with E-state index in [1.54, 1.807) is 0 Å². The molecule has 8 heteroatoms. The summed E-state index contributed by atoms with van der Waals surface area (Å²) in [5.74, 6) is -0.124. The predicted molar refractivity (Wildman–Crippen MR) is 50.3 cm³/mol. The van der Waals surface area contributed by atoms with E-state index in [1.807, 2.05) is 0 Å². The van der Waals surface area contributed by atoms with Crippen molar-refractivity contribution in [2.24, 2.45) is 5.73 Å². The van der Waals surface area contributed by atoms with Crippen molar-refractivity contribution in [2.45, 2.75) is 13.0 Å². The molecule has 2 N–H and O–H groups in total. The maximum Gasteiger partial charge on any atom is 0.301 e. The normalized spacial score (nSPS) is 10.6. The van der Waals surface area contributed by atoms with Gasteiger partial charge in [-0.1, -0.05) is 0 Å². The van der Waals surface area contributed by atoms with Crippen molar-refractivity contribution in [1.82, 2.24) is 4.98 Å². The Morgan fingerprint density at radius 2 is 2.31 bits per heavy atom. The summed E-state index contributed by atoms with van der Waals surface area (Å²) in [6, 6.07) is 0.835. The number of alkyl halides is 2. The van der Waals surface area contributed by atoms with E-state index in [2.05, 4.69) is 9.72 Å². The average molecular weight is 233 g/mol. The minimum absolute atomic E-state index is 0.124. The van der Waals surface area contributed by atoms with E-state index in [9.17, 15) is 18.9 Å². The molecule has 0 amide bonds. The molecule has 0 fully saturated rings. The van der Waals surface area contributed by atoms with Gasteiger partial charge >= 0.3 is 5.69 Å². The van der Waals surface area contributed by atoms with Crippen LogP contribution in [0, 0.1) is 10.1 Å².